The van der Waals surface area contributed by atoms with Gasteiger partial charge >= 0.3 is 0 Å². The molecule has 0 spiro atoms. The van der Waals surface area contributed by atoms with Gasteiger partial charge in [-0.05, 0) is 36.5 Å². The van der Waals surface area contributed by atoms with Crippen LogP contribution in [0, 0.1) is 16.7 Å². The van der Waals surface area contributed by atoms with Gasteiger partial charge in [-0.3, -0.25) is 9.59 Å². The minimum atomic E-state index is -0.288. The van der Waals surface area contributed by atoms with Crippen LogP contribution in [0.3, 0.4) is 0 Å². The van der Waals surface area contributed by atoms with Gasteiger partial charge in [-0.25, -0.2) is 0 Å². The van der Waals surface area contributed by atoms with Gasteiger partial charge in [0.1, 0.15) is 12.1 Å². The molecule has 3 rings (SSSR count). The third kappa shape index (κ3) is 1.60. The van der Waals surface area contributed by atoms with E-state index in [1.165, 1.54) is 0 Å². The molecule has 0 radical (unpaired) electrons. The Morgan fingerprint density at radius 2 is 1.70 bits per heavy atom. The Kier molecular flexibility index (Phi) is 2.77. The molecule has 2 aliphatic heterocycles. The Bertz CT molecular complexity index is 455. The van der Waals surface area contributed by atoms with E-state index in [2.05, 4.69) is 27.7 Å². The van der Waals surface area contributed by atoms with E-state index in [9.17, 15) is 9.59 Å². The molecule has 112 valence electrons. The predicted molar refractivity (Wildman–Crippen MR) is 77.0 cm³/mol. The summed E-state index contributed by atoms with van der Waals surface area (Å²) in [5.74, 6) is 0.804. The predicted octanol–water partition coefficient (Wildman–Crippen LogP) is 1.89. The molecule has 2 amide bonds. The highest BCUT2D eigenvalue weighted by atomic mass is 16.2. The minimum Gasteiger partial charge on any atom is -0.329 e. The summed E-state index contributed by atoms with van der Waals surface area (Å²) in [6, 6.07) is -0.465. The molecule has 2 heterocycles. The number of carbonyl (C=O) groups is 2. The number of piperazine rings is 1. The van der Waals surface area contributed by atoms with Gasteiger partial charge in [0, 0.05) is 13.1 Å². The van der Waals surface area contributed by atoms with Gasteiger partial charge in [0.15, 0.2) is 0 Å². The zero-order chi connectivity index (χ0) is 14.9. The van der Waals surface area contributed by atoms with E-state index in [-0.39, 0.29) is 34.7 Å². The summed E-state index contributed by atoms with van der Waals surface area (Å²) in [4.78, 5) is 28.8. The Balaban J connectivity index is 1.80. The van der Waals surface area contributed by atoms with Crippen LogP contribution in [0.25, 0.3) is 0 Å². The van der Waals surface area contributed by atoms with Gasteiger partial charge in [0.05, 0.1) is 0 Å². The fourth-order valence-corrected chi connectivity index (χ4v) is 4.28. The van der Waals surface area contributed by atoms with Crippen LogP contribution >= 0.6 is 0 Å². The molecule has 4 nitrogen and oxygen atoms in total. The first-order chi connectivity index (χ1) is 9.19. The van der Waals surface area contributed by atoms with Crippen molar-refractivity contribution in [1.82, 2.24) is 9.80 Å². The summed E-state index contributed by atoms with van der Waals surface area (Å²) in [7, 11) is 0. The zero-order valence-electron chi connectivity index (χ0n) is 13.3. The van der Waals surface area contributed by atoms with Crippen molar-refractivity contribution in [3.05, 3.63) is 0 Å². The fraction of sp³-hybridized carbons (Fsp3) is 0.875. The lowest BCUT2D eigenvalue weighted by atomic mass is 10.0. The quantitative estimate of drug-likeness (QED) is 0.774. The van der Waals surface area contributed by atoms with E-state index in [4.69, 9.17) is 0 Å². The van der Waals surface area contributed by atoms with Crippen molar-refractivity contribution < 1.29 is 9.59 Å². The number of carbonyl (C=O) groups excluding carboxylic acids is 2. The normalized spacial score (nSPS) is 35.5. The molecular formula is C16H26N2O2. The van der Waals surface area contributed by atoms with E-state index in [1.54, 1.807) is 4.90 Å². The Morgan fingerprint density at radius 1 is 1.10 bits per heavy atom. The second kappa shape index (κ2) is 3.99. The van der Waals surface area contributed by atoms with Crippen molar-refractivity contribution in [2.24, 2.45) is 16.7 Å². The summed E-state index contributed by atoms with van der Waals surface area (Å²) >= 11 is 0. The van der Waals surface area contributed by atoms with Crippen LogP contribution in [-0.2, 0) is 9.59 Å². The van der Waals surface area contributed by atoms with Crippen LogP contribution < -0.4 is 0 Å². The fourth-order valence-electron chi connectivity index (χ4n) is 4.28. The maximum atomic E-state index is 12.7. The SMILES string of the molecule is CC1C(=O)N2CCCC2C(=O)N1CC1C(C)(C)C1(C)C. The number of rotatable bonds is 2. The van der Waals surface area contributed by atoms with Crippen molar-refractivity contribution in [3.8, 4) is 0 Å². The van der Waals surface area contributed by atoms with Crippen LogP contribution in [0.2, 0.25) is 0 Å². The zero-order valence-corrected chi connectivity index (χ0v) is 13.3. The first kappa shape index (κ1) is 13.9. The van der Waals surface area contributed by atoms with Crippen LogP contribution in [-0.4, -0.2) is 46.8 Å². The lowest BCUT2D eigenvalue weighted by Gasteiger charge is -2.41. The molecule has 2 atom stereocenters. The summed E-state index contributed by atoms with van der Waals surface area (Å²) < 4.78 is 0. The number of fused-ring (bicyclic) bond motifs is 1. The Morgan fingerprint density at radius 3 is 2.25 bits per heavy atom. The van der Waals surface area contributed by atoms with Crippen molar-refractivity contribution in [3.63, 3.8) is 0 Å². The molecule has 1 saturated carbocycles. The molecule has 0 bridgehead atoms. The smallest absolute Gasteiger partial charge is 0.246 e. The average molecular weight is 278 g/mol. The maximum absolute atomic E-state index is 12.7. The molecular weight excluding hydrogens is 252 g/mol. The molecule has 3 aliphatic rings. The van der Waals surface area contributed by atoms with Crippen molar-refractivity contribution in [2.75, 3.05) is 13.1 Å². The number of amides is 2. The van der Waals surface area contributed by atoms with Crippen molar-refractivity contribution in [2.45, 2.75) is 59.5 Å². The molecule has 1 aliphatic carbocycles. The van der Waals surface area contributed by atoms with Gasteiger partial charge < -0.3 is 9.80 Å². The van der Waals surface area contributed by atoms with Gasteiger partial charge in [-0.2, -0.15) is 0 Å². The number of hydrogen-bond acceptors (Lipinski definition) is 2. The Hall–Kier alpha value is -1.06. The standard InChI is InChI=1S/C16H26N2O2/c1-10-13(19)17-8-6-7-11(17)14(20)18(10)9-12-15(2,3)16(12,4)5/h10-12H,6-9H2,1-5H3. The molecule has 0 aromatic carbocycles. The highest BCUT2D eigenvalue weighted by molar-refractivity contribution is 5.97. The molecule has 2 saturated heterocycles. The molecule has 0 N–H and O–H groups in total. The molecule has 0 aromatic heterocycles. The van der Waals surface area contributed by atoms with E-state index >= 15 is 0 Å². The molecule has 2 unspecified atom stereocenters. The van der Waals surface area contributed by atoms with Crippen LogP contribution in [0.5, 0.6) is 0 Å². The monoisotopic (exact) mass is 278 g/mol. The van der Waals surface area contributed by atoms with Gasteiger partial charge in [0.25, 0.3) is 0 Å². The maximum Gasteiger partial charge on any atom is 0.246 e. The van der Waals surface area contributed by atoms with Crippen LogP contribution in [0.4, 0.5) is 0 Å². The van der Waals surface area contributed by atoms with Crippen molar-refractivity contribution in [1.29, 1.82) is 0 Å². The van der Waals surface area contributed by atoms with Crippen LogP contribution in [0.1, 0.15) is 47.5 Å². The number of nitrogens with zero attached hydrogens (tertiary/aromatic N) is 2. The third-order valence-corrected chi connectivity index (χ3v) is 6.63. The topological polar surface area (TPSA) is 40.6 Å². The summed E-state index contributed by atoms with van der Waals surface area (Å²) in [6.45, 7) is 12.4. The van der Waals surface area contributed by atoms with Gasteiger partial charge in [0.2, 0.25) is 11.8 Å². The van der Waals surface area contributed by atoms with E-state index in [1.807, 2.05) is 11.8 Å². The van der Waals surface area contributed by atoms with Crippen molar-refractivity contribution >= 4 is 11.8 Å². The molecule has 0 aromatic rings. The van der Waals surface area contributed by atoms with E-state index in [0.29, 0.717) is 5.92 Å². The van der Waals surface area contributed by atoms with Gasteiger partial charge in [-0.15, -0.1) is 0 Å². The molecule has 4 heteroatoms. The largest absolute Gasteiger partial charge is 0.329 e. The Labute approximate surface area is 121 Å². The summed E-state index contributed by atoms with van der Waals surface area (Å²) in [5.41, 5.74) is 0.506. The first-order valence-electron chi connectivity index (χ1n) is 7.80. The number of hydrogen-bond donors (Lipinski definition) is 0. The van der Waals surface area contributed by atoms with E-state index in [0.717, 1.165) is 25.9 Å². The molecule has 20 heavy (non-hydrogen) atoms. The van der Waals surface area contributed by atoms with Gasteiger partial charge in [-0.1, -0.05) is 27.7 Å². The van der Waals surface area contributed by atoms with Crippen LogP contribution in [0.15, 0.2) is 0 Å². The highest BCUT2D eigenvalue weighted by Crippen LogP contribution is 2.68. The highest BCUT2D eigenvalue weighted by Gasteiger charge is 2.65. The first-order valence-corrected chi connectivity index (χ1v) is 7.80. The summed E-state index contributed by atoms with van der Waals surface area (Å²) in [5, 5.41) is 0. The second-order valence-electron chi connectivity index (χ2n) is 7.85. The third-order valence-electron chi connectivity index (χ3n) is 6.63. The second-order valence-corrected chi connectivity index (χ2v) is 7.85. The minimum absolute atomic E-state index is 0.142. The lowest BCUT2D eigenvalue weighted by Crippen LogP contribution is -2.62. The average Bonchev–Trinajstić information content (AvgIpc) is 2.78. The lowest BCUT2D eigenvalue weighted by molar-refractivity contribution is -0.159. The molecule has 3 fully saturated rings. The van der Waals surface area contributed by atoms with E-state index < -0.39 is 0 Å². The summed E-state index contributed by atoms with van der Waals surface area (Å²) in [6.07, 6.45) is 1.80.